The maximum atomic E-state index is 14.2. The normalized spacial score (nSPS) is 22.9. The van der Waals surface area contributed by atoms with Gasteiger partial charge in [0.15, 0.2) is 0 Å². The number of hydrogen-bond donors (Lipinski definition) is 1. The quantitative estimate of drug-likeness (QED) is 0.789. The van der Waals surface area contributed by atoms with Crippen LogP contribution in [0.1, 0.15) is 43.6 Å². The second kappa shape index (κ2) is 4.05. The highest BCUT2D eigenvalue weighted by Gasteiger charge is 2.52. The van der Waals surface area contributed by atoms with Crippen LogP contribution in [0, 0.1) is 5.82 Å². The number of fused-ring (bicyclic) bond motifs is 1. The maximum Gasteiger partial charge on any atom is 0.497 e. The van der Waals surface area contributed by atoms with E-state index in [9.17, 15) is 9.18 Å². The average Bonchev–Trinajstić information content (AvgIpc) is 2.77. The summed E-state index contributed by atoms with van der Waals surface area (Å²) in [5.74, 6) is -0.587. The van der Waals surface area contributed by atoms with Gasteiger partial charge in [-0.2, -0.15) is 0 Å². The van der Waals surface area contributed by atoms with Crippen molar-refractivity contribution in [2.45, 2.75) is 45.4 Å². The molecule has 3 rings (SSSR count). The Morgan fingerprint density at radius 1 is 1.20 bits per heavy atom. The molecule has 0 radical (unpaired) electrons. The number of nitrogens with one attached hydrogen (secondary N) is 1. The zero-order chi connectivity index (χ0) is 14.7. The molecule has 20 heavy (non-hydrogen) atoms. The van der Waals surface area contributed by atoms with Crippen molar-refractivity contribution in [3.63, 3.8) is 0 Å². The van der Waals surface area contributed by atoms with Gasteiger partial charge in [0.05, 0.1) is 11.2 Å². The Labute approximate surface area is 117 Å². The van der Waals surface area contributed by atoms with Crippen LogP contribution in [-0.4, -0.2) is 24.2 Å². The average molecular weight is 277 g/mol. The van der Waals surface area contributed by atoms with E-state index in [0.29, 0.717) is 17.7 Å². The Kier molecular flexibility index (Phi) is 2.75. The van der Waals surface area contributed by atoms with E-state index < -0.39 is 24.1 Å². The molecule has 1 N–H and O–H groups in total. The predicted molar refractivity (Wildman–Crippen MR) is 73.3 cm³/mol. The van der Waals surface area contributed by atoms with Gasteiger partial charge < -0.3 is 14.6 Å². The third-order valence-electron chi connectivity index (χ3n) is 4.41. The number of carbonyl (C=O) groups is 1. The van der Waals surface area contributed by atoms with Crippen LogP contribution in [0.25, 0.3) is 0 Å². The van der Waals surface area contributed by atoms with E-state index in [0.717, 1.165) is 0 Å². The molecule has 0 bridgehead atoms. The second-order valence-electron chi connectivity index (χ2n) is 6.30. The molecule has 1 fully saturated rings. The Morgan fingerprint density at radius 3 is 2.40 bits per heavy atom. The Bertz CT molecular complexity index is 584. The van der Waals surface area contributed by atoms with E-state index in [1.54, 1.807) is 0 Å². The topological polar surface area (TPSA) is 47.6 Å². The first-order chi connectivity index (χ1) is 9.21. The lowest BCUT2D eigenvalue weighted by atomic mass is 9.77. The largest absolute Gasteiger partial charge is 0.497 e. The Balaban J connectivity index is 2.01. The van der Waals surface area contributed by atoms with E-state index in [1.165, 1.54) is 12.1 Å². The highest BCUT2D eigenvalue weighted by molar-refractivity contribution is 6.62. The number of benzene rings is 1. The SMILES string of the molecule is CC1(C)OB(c2cc3c(cc2F)CNC3=O)OC1(C)C. The number of hydrogen-bond acceptors (Lipinski definition) is 3. The molecule has 0 aromatic heterocycles. The first-order valence-electron chi connectivity index (χ1n) is 6.67. The number of halogens is 1. The fraction of sp³-hybridized carbons (Fsp3) is 0.500. The summed E-state index contributed by atoms with van der Waals surface area (Å²) in [5.41, 5.74) is 0.375. The van der Waals surface area contributed by atoms with Crippen LogP contribution in [0.5, 0.6) is 0 Å². The van der Waals surface area contributed by atoms with Gasteiger partial charge in [-0.25, -0.2) is 4.39 Å². The molecule has 2 aliphatic heterocycles. The van der Waals surface area contributed by atoms with Crippen molar-refractivity contribution in [1.29, 1.82) is 0 Å². The summed E-state index contributed by atoms with van der Waals surface area (Å²) in [7, 11) is -0.793. The van der Waals surface area contributed by atoms with Crippen molar-refractivity contribution in [3.8, 4) is 0 Å². The zero-order valence-electron chi connectivity index (χ0n) is 12.0. The molecule has 106 valence electrons. The van der Waals surface area contributed by atoms with Crippen LogP contribution in [0.3, 0.4) is 0 Å². The predicted octanol–water partition coefficient (Wildman–Crippen LogP) is 1.37. The van der Waals surface area contributed by atoms with Gasteiger partial charge in [-0.15, -0.1) is 0 Å². The molecule has 1 aromatic rings. The summed E-state index contributed by atoms with van der Waals surface area (Å²) < 4.78 is 25.9. The zero-order valence-corrected chi connectivity index (χ0v) is 12.0. The monoisotopic (exact) mass is 277 g/mol. The molecule has 0 unspecified atom stereocenters. The minimum absolute atomic E-state index is 0.183. The number of rotatable bonds is 1. The third kappa shape index (κ3) is 1.86. The van der Waals surface area contributed by atoms with Gasteiger partial charge in [0.2, 0.25) is 0 Å². The summed E-state index contributed by atoms with van der Waals surface area (Å²) in [6.07, 6.45) is 0. The molecule has 1 aromatic carbocycles. The lowest BCUT2D eigenvalue weighted by Crippen LogP contribution is -2.41. The van der Waals surface area contributed by atoms with Crippen molar-refractivity contribution in [2.75, 3.05) is 0 Å². The van der Waals surface area contributed by atoms with Crippen LogP contribution < -0.4 is 10.8 Å². The summed E-state index contributed by atoms with van der Waals surface area (Å²) in [4.78, 5) is 11.7. The third-order valence-corrected chi connectivity index (χ3v) is 4.41. The molecular formula is C14H17BFNO3. The molecule has 0 saturated carbocycles. The molecule has 4 nitrogen and oxygen atoms in total. The van der Waals surface area contributed by atoms with Crippen molar-refractivity contribution < 1.29 is 18.5 Å². The van der Waals surface area contributed by atoms with Crippen molar-refractivity contribution in [1.82, 2.24) is 5.32 Å². The summed E-state index contributed by atoms with van der Waals surface area (Å²) in [6.45, 7) is 8.00. The molecular weight excluding hydrogens is 260 g/mol. The van der Waals surface area contributed by atoms with Gasteiger partial charge in [-0.3, -0.25) is 4.79 Å². The fourth-order valence-electron chi connectivity index (χ4n) is 2.41. The van der Waals surface area contributed by atoms with E-state index in [2.05, 4.69) is 5.32 Å². The molecule has 2 aliphatic rings. The lowest BCUT2D eigenvalue weighted by molar-refractivity contribution is 0.00578. The van der Waals surface area contributed by atoms with Crippen molar-refractivity contribution >= 4 is 18.5 Å². The van der Waals surface area contributed by atoms with Crippen molar-refractivity contribution in [3.05, 3.63) is 29.1 Å². The van der Waals surface area contributed by atoms with Gasteiger partial charge >= 0.3 is 7.12 Å². The Morgan fingerprint density at radius 2 is 1.80 bits per heavy atom. The van der Waals surface area contributed by atoms with Crippen LogP contribution in [-0.2, 0) is 15.9 Å². The van der Waals surface area contributed by atoms with Gasteiger partial charge in [-0.05, 0) is 45.4 Å². The minimum Gasteiger partial charge on any atom is -0.399 e. The number of carbonyl (C=O) groups excluding carboxylic acids is 1. The van der Waals surface area contributed by atoms with Crippen molar-refractivity contribution in [2.24, 2.45) is 0 Å². The molecule has 0 aliphatic carbocycles. The molecule has 1 amide bonds. The summed E-state index contributed by atoms with van der Waals surface area (Å²) >= 11 is 0. The standard InChI is InChI=1S/C14H17BFNO3/c1-13(2)14(3,4)20-15(19-13)10-6-9-8(5-11(10)16)7-17-12(9)18/h5-6H,7H2,1-4H3,(H,17,18). The first-order valence-corrected chi connectivity index (χ1v) is 6.67. The van der Waals surface area contributed by atoms with Crippen LogP contribution >= 0.6 is 0 Å². The van der Waals surface area contributed by atoms with Crippen LogP contribution in [0.2, 0.25) is 0 Å². The summed E-state index contributed by atoms with van der Waals surface area (Å²) in [5, 5.41) is 2.68. The molecule has 2 heterocycles. The van der Waals surface area contributed by atoms with Gasteiger partial charge in [-0.1, -0.05) is 0 Å². The van der Waals surface area contributed by atoms with Crippen LogP contribution in [0.4, 0.5) is 4.39 Å². The van der Waals surface area contributed by atoms with Gasteiger partial charge in [0, 0.05) is 17.6 Å². The summed E-state index contributed by atoms with van der Waals surface area (Å²) in [6, 6.07) is 2.92. The van der Waals surface area contributed by atoms with E-state index >= 15 is 0 Å². The molecule has 1 saturated heterocycles. The molecule has 0 spiro atoms. The van der Waals surface area contributed by atoms with Gasteiger partial charge in [0.25, 0.3) is 5.91 Å². The maximum absolute atomic E-state index is 14.2. The highest BCUT2D eigenvalue weighted by Crippen LogP contribution is 2.36. The van der Waals surface area contributed by atoms with Gasteiger partial charge in [0.1, 0.15) is 5.82 Å². The fourth-order valence-corrected chi connectivity index (χ4v) is 2.41. The van der Waals surface area contributed by atoms with Crippen LogP contribution in [0.15, 0.2) is 12.1 Å². The molecule has 0 atom stereocenters. The highest BCUT2D eigenvalue weighted by atomic mass is 19.1. The molecule has 6 heteroatoms. The first kappa shape index (κ1) is 13.6. The van der Waals surface area contributed by atoms with E-state index in [-0.39, 0.29) is 11.4 Å². The lowest BCUT2D eigenvalue weighted by Gasteiger charge is -2.32. The smallest absolute Gasteiger partial charge is 0.399 e. The second-order valence-corrected chi connectivity index (χ2v) is 6.30. The van der Waals surface area contributed by atoms with E-state index in [1.807, 2.05) is 27.7 Å². The number of amides is 1. The minimum atomic E-state index is -0.793. The van der Waals surface area contributed by atoms with E-state index in [4.69, 9.17) is 9.31 Å². The Hall–Kier alpha value is -1.40.